The van der Waals surface area contributed by atoms with Crippen molar-refractivity contribution in [1.82, 2.24) is 18.7 Å². The molecule has 0 saturated carbocycles. The topological polar surface area (TPSA) is 17.8 Å². The second-order valence-electron chi connectivity index (χ2n) is 19.8. The summed E-state index contributed by atoms with van der Waals surface area (Å²) in [4.78, 5) is 4.98. The molecule has 60 heavy (non-hydrogen) atoms. The van der Waals surface area contributed by atoms with Gasteiger partial charge in [0.25, 0.3) is 0 Å². The van der Waals surface area contributed by atoms with Crippen molar-refractivity contribution < 1.29 is 21.1 Å². The Kier molecular flexibility index (Phi) is 9.41. The van der Waals surface area contributed by atoms with Crippen LogP contribution in [0.5, 0.6) is 0 Å². The Morgan fingerprint density at radius 1 is 0.550 bits per heavy atom. The fourth-order valence-corrected chi connectivity index (χ4v) is 9.46. The van der Waals surface area contributed by atoms with Crippen LogP contribution in [-0.4, -0.2) is 16.3 Å². The van der Waals surface area contributed by atoms with E-state index in [0.717, 1.165) is 33.5 Å². The Labute approximate surface area is 371 Å². The summed E-state index contributed by atoms with van der Waals surface area (Å²) in [5, 5.41) is 2.36. The van der Waals surface area contributed by atoms with Gasteiger partial charge in [0.15, 0.2) is 19.1 Å². The molecule has 2 atom stereocenters. The Hall–Kier alpha value is -5.06. The molecule has 1 saturated heterocycles. The maximum absolute atomic E-state index is 4.98. The molecule has 6 heteroatoms. The monoisotopic (exact) mass is 962 g/mol. The average Bonchev–Trinajstić information content (AvgIpc) is 3.71. The largest absolute Gasteiger partial charge is 0.319 e. The van der Waals surface area contributed by atoms with Gasteiger partial charge in [-0.2, -0.15) is 39.8 Å². The Morgan fingerprint density at radius 2 is 1.20 bits per heavy atom. The van der Waals surface area contributed by atoms with Gasteiger partial charge in [-0.05, 0) is 51.0 Å². The molecule has 0 bridgehead atoms. The van der Waals surface area contributed by atoms with Crippen LogP contribution in [0, 0.1) is 18.8 Å². The van der Waals surface area contributed by atoms with Crippen molar-refractivity contribution >= 4 is 67.7 Å². The fraction of sp³-hybridized carbons (Fsp3) is 0.222. The fourth-order valence-electron chi connectivity index (χ4n) is 9.46. The summed E-state index contributed by atoms with van der Waals surface area (Å²) in [7, 11) is 0. The van der Waals surface area contributed by atoms with Crippen LogP contribution in [0.3, 0.4) is 0 Å². The normalized spacial score (nSPS) is 18.4. The van der Waals surface area contributed by atoms with Crippen molar-refractivity contribution in [3.8, 4) is 5.82 Å². The number of aromatic nitrogens is 2. The number of hydrogen-bond donors (Lipinski definition) is 0. The van der Waals surface area contributed by atoms with Crippen molar-refractivity contribution in [3.63, 3.8) is 0 Å². The van der Waals surface area contributed by atoms with Crippen LogP contribution in [0.2, 0.25) is 0 Å². The zero-order valence-corrected chi connectivity index (χ0v) is 38.4. The van der Waals surface area contributed by atoms with E-state index in [9.17, 15) is 0 Å². The van der Waals surface area contributed by atoms with Crippen LogP contribution in [0.1, 0.15) is 79.0 Å². The van der Waals surface area contributed by atoms with Crippen LogP contribution in [0.15, 0.2) is 146 Å². The maximum Gasteiger partial charge on any atom is 0.225 e. The molecule has 0 radical (unpaired) electrons. The van der Waals surface area contributed by atoms with E-state index in [1.54, 1.807) is 0 Å². The number of para-hydroxylation sites is 3. The van der Waals surface area contributed by atoms with Gasteiger partial charge < -0.3 is 4.57 Å². The molecule has 10 rings (SSSR count). The van der Waals surface area contributed by atoms with E-state index in [-0.39, 0.29) is 44.0 Å². The van der Waals surface area contributed by atoms with Gasteiger partial charge in [-0.3, -0.25) is 0 Å². The number of fused-ring (bicyclic) bond motifs is 7. The average molecular weight is 963 g/mol. The molecule has 4 heterocycles. The molecule has 8 aromatic rings. The van der Waals surface area contributed by atoms with Crippen molar-refractivity contribution in [3.05, 3.63) is 181 Å². The molecule has 6 aromatic carbocycles. The van der Waals surface area contributed by atoms with Gasteiger partial charge in [-0.25, -0.2) is 9.58 Å². The van der Waals surface area contributed by atoms with Gasteiger partial charge in [0, 0.05) is 62.7 Å². The van der Waals surface area contributed by atoms with E-state index >= 15 is 0 Å². The van der Waals surface area contributed by atoms with Crippen molar-refractivity contribution in [2.75, 3.05) is 0 Å². The summed E-state index contributed by atoms with van der Waals surface area (Å²) in [6.07, 6.45) is 1.95. The number of rotatable bonds is 6. The second-order valence-corrected chi connectivity index (χ2v) is 19.8. The van der Waals surface area contributed by atoms with Crippen LogP contribution in [0.4, 0.5) is 22.7 Å². The zero-order valence-electron chi connectivity index (χ0n) is 36.1. The molecule has 4 nitrogen and oxygen atoms in total. The number of nitrogens with zero attached hydrogens (tertiary/aromatic N) is 4. The van der Waals surface area contributed by atoms with E-state index in [0.29, 0.717) is 9.18 Å². The van der Waals surface area contributed by atoms with Gasteiger partial charge >= 0.3 is 0 Å². The number of quaternary nitrogens is 2. The number of pyridine rings is 1. The first kappa shape index (κ1) is 40.4. The quantitative estimate of drug-likeness (QED) is 0.0703. The van der Waals surface area contributed by atoms with Crippen LogP contribution >= 0.6 is 0 Å². The predicted molar refractivity (Wildman–Crippen MR) is 250 cm³/mol. The first-order chi connectivity index (χ1) is 28.1. The van der Waals surface area contributed by atoms with E-state index in [2.05, 4.69) is 225 Å². The first-order valence-electron chi connectivity index (χ1n) is 21.0. The van der Waals surface area contributed by atoms with Gasteiger partial charge in [0.1, 0.15) is 5.82 Å². The third-order valence-electron chi connectivity index (χ3n) is 12.8. The molecule has 2 aliphatic rings. The molecule has 2 aromatic heterocycles. The minimum atomic E-state index is -0.122. The Bertz CT molecular complexity index is 2950. The molecular weight excluding hydrogens is 911 g/mol. The van der Waals surface area contributed by atoms with E-state index in [1.165, 1.54) is 50.0 Å². The van der Waals surface area contributed by atoms with Crippen LogP contribution < -0.4 is 25.6 Å². The van der Waals surface area contributed by atoms with Crippen LogP contribution in [0.25, 0.3) is 27.6 Å². The third-order valence-corrected chi connectivity index (χ3v) is 12.8. The van der Waals surface area contributed by atoms with Gasteiger partial charge in [-0.15, -0.1) is 23.1 Å². The van der Waals surface area contributed by atoms with Gasteiger partial charge in [0.2, 0.25) is 11.4 Å². The molecule has 1 fully saturated rings. The van der Waals surface area contributed by atoms with Crippen molar-refractivity contribution in [2.45, 2.75) is 78.6 Å². The summed E-state index contributed by atoms with van der Waals surface area (Å²) in [5.74, 6) is 0.908. The number of hydrogen-bond acceptors (Lipinski definition) is 1. The summed E-state index contributed by atoms with van der Waals surface area (Å²) < 4.78 is 3.57. The summed E-state index contributed by atoms with van der Waals surface area (Å²) >= 11 is 0. The zero-order chi connectivity index (χ0) is 41.1. The molecule has 0 spiro atoms. The van der Waals surface area contributed by atoms with Crippen LogP contribution in [-0.2, 0) is 37.3 Å². The standard InChI is InChI=1S/C54H52BN4.Pt/c1-52(2,3)37-18-17-21-43(31-37)58-36-59(58,50-25-16-15-24-49(50)58)44-32-39(54(7,8)9)30-42(34-44)55(40-19-11-10-12-20-40)41-26-27-46-45-22-13-14-23-47(45)57(48(46)35-41)51-33-38(28-29-56-51)53(4,5)6;/h10-33,36H,1-9H3;/q-1;/t58-,59?;/m0./s1. The Morgan fingerprint density at radius 3 is 1.92 bits per heavy atom. The van der Waals surface area contributed by atoms with E-state index < -0.39 is 0 Å². The minimum Gasteiger partial charge on any atom is -0.319 e. The van der Waals surface area contributed by atoms with Gasteiger partial charge in [-0.1, -0.05) is 146 Å². The van der Waals surface area contributed by atoms with Crippen molar-refractivity contribution in [1.29, 1.82) is 0 Å². The molecule has 0 aliphatic carbocycles. The SMILES string of the molecule is CC(C)(C)c1cc(B(c2[c-]c3c(cc2)c2ccccc2n3-c2cc(C(C)(C)C)ccn2)c2ccccc2)[c-]c([N+]23[CH-][N@+]2(c2cccc(C(C)(C)C)c2)c2ccccc23)c1.[Pt]. The van der Waals surface area contributed by atoms with Crippen molar-refractivity contribution in [2.24, 2.45) is 0 Å². The maximum atomic E-state index is 4.98. The van der Waals surface area contributed by atoms with Gasteiger partial charge in [0.05, 0.1) is 0 Å². The summed E-state index contributed by atoms with van der Waals surface area (Å²) in [6, 6.07) is 59.8. The predicted octanol–water partition coefficient (Wildman–Crippen LogP) is 11.5. The summed E-state index contributed by atoms with van der Waals surface area (Å²) in [5.41, 5.74) is 14.5. The molecule has 302 valence electrons. The minimum absolute atomic E-state index is 0. The third kappa shape index (κ3) is 6.11. The molecular formula is C54H52BN4Pt-. The molecule has 0 N–H and O–H groups in total. The molecule has 1 unspecified atom stereocenters. The molecule has 0 amide bonds. The molecule has 2 aliphatic heterocycles. The second kappa shape index (κ2) is 14.0. The Balaban J connectivity index is 0.00000462. The van der Waals surface area contributed by atoms with E-state index in [4.69, 9.17) is 4.98 Å². The van der Waals surface area contributed by atoms with E-state index in [1.807, 2.05) is 6.20 Å². The number of benzene rings is 6. The first-order valence-corrected chi connectivity index (χ1v) is 21.0. The summed E-state index contributed by atoms with van der Waals surface area (Å²) in [6.45, 7) is 23.0. The smallest absolute Gasteiger partial charge is 0.225 e.